The molecular formula is C21H23N3O3. The smallest absolute Gasteiger partial charge is 0.121 e. The Hall–Kier alpha value is -3.54. The van der Waals surface area contributed by atoms with Crippen LogP contribution in [0.15, 0.2) is 60.7 Å². The maximum Gasteiger partial charge on any atom is 0.121 e. The molecule has 0 radical (unpaired) electrons. The maximum atomic E-state index is 6.11. The Kier molecular flexibility index (Phi) is 5.56. The third-order valence-corrected chi connectivity index (χ3v) is 4.13. The van der Waals surface area contributed by atoms with E-state index in [2.05, 4.69) is 10.6 Å². The van der Waals surface area contributed by atoms with E-state index in [4.69, 9.17) is 19.9 Å². The van der Waals surface area contributed by atoms with Gasteiger partial charge in [-0.05, 0) is 48.5 Å². The highest BCUT2D eigenvalue weighted by Gasteiger charge is 2.09. The molecule has 27 heavy (non-hydrogen) atoms. The number of anilines is 5. The largest absolute Gasteiger partial charge is 0.497 e. The minimum absolute atomic E-state index is 0.627. The van der Waals surface area contributed by atoms with E-state index in [0.29, 0.717) is 5.69 Å². The molecule has 0 unspecified atom stereocenters. The van der Waals surface area contributed by atoms with Crippen molar-refractivity contribution in [3.63, 3.8) is 0 Å². The van der Waals surface area contributed by atoms with Gasteiger partial charge >= 0.3 is 0 Å². The van der Waals surface area contributed by atoms with E-state index in [9.17, 15) is 0 Å². The molecule has 3 aromatic carbocycles. The molecule has 0 saturated heterocycles. The first-order valence-corrected chi connectivity index (χ1v) is 8.42. The van der Waals surface area contributed by atoms with Crippen molar-refractivity contribution in [3.8, 4) is 17.2 Å². The maximum absolute atomic E-state index is 6.11. The molecule has 0 spiro atoms. The molecule has 0 amide bonds. The summed E-state index contributed by atoms with van der Waals surface area (Å²) in [4.78, 5) is 0. The minimum Gasteiger partial charge on any atom is -0.497 e. The second kappa shape index (κ2) is 8.23. The van der Waals surface area contributed by atoms with Crippen LogP contribution in [0.2, 0.25) is 0 Å². The van der Waals surface area contributed by atoms with Gasteiger partial charge in [0.25, 0.3) is 0 Å². The molecule has 6 nitrogen and oxygen atoms in total. The van der Waals surface area contributed by atoms with Crippen molar-refractivity contribution < 1.29 is 14.2 Å². The molecule has 4 N–H and O–H groups in total. The number of nitrogens with one attached hydrogen (secondary N) is 2. The molecule has 0 heterocycles. The van der Waals surface area contributed by atoms with E-state index in [0.717, 1.165) is 40.0 Å². The molecule has 0 aliphatic carbocycles. The van der Waals surface area contributed by atoms with Gasteiger partial charge in [-0.2, -0.15) is 0 Å². The number of nitrogen functional groups attached to an aromatic ring is 1. The first-order valence-electron chi connectivity index (χ1n) is 8.42. The first kappa shape index (κ1) is 18.3. The van der Waals surface area contributed by atoms with Crippen LogP contribution in [0.4, 0.5) is 28.4 Å². The van der Waals surface area contributed by atoms with Gasteiger partial charge in [-0.15, -0.1) is 0 Å². The van der Waals surface area contributed by atoms with E-state index in [1.807, 2.05) is 54.6 Å². The fourth-order valence-corrected chi connectivity index (χ4v) is 2.61. The molecule has 0 atom stereocenters. The van der Waals surface area contributed by atoms with Crippen molar-refractivity contribution in [2.75, 3.05) is 37.7 Å². The predicted molar refractivity (Wildman–Crippen MR) is 110 cm³/mol. The highest BCUT2D eigenvalue weighted by atomic mass is 16.5. The van der Waals surface area contributed by atoms with E-state index in [-0.39, 0.29) is 0 Å². The number of rotatable bonds is 7. The van der Waals surface area contributed by atoms with E-state index in [1.54, 1.807) is 27.4 Å². The lowest BCUT2D eigenvalue weighted by Gasteiger charge is -2.17. The molecule has 0 fully saturated rings. The summed E-state index contributed by atoms with van der Waals surface area (Å²) in [6.45, 7) is 0. The SMILES string of the molecule is COc1ccc(Nc2cc(OC)ccc2Nc2cc(OC)ccc2N)cc1. The topological polar surface area (TPSA) is 77.8 Å². The van der Waals surface area contributed by atoms with Gasteiger partial charge in [-0.3, -0.25) is 0 Å². The summed E-state index contributed by atoms with van der Waals surface area (Å²) in [7, 11) is 4.91. The Morgan fingerprint density at radius 2 is 1.15 bits per heavy atom. The average Bonchev–Trinajstić information content (AvgIpc) is 2.71. The van der Waals surface area contributed by atoms with Crippen molar-refractivity contribution in [1.29, 1.82) is 0 Å². The second-order valence-electron chi connectivity index (χ2n) is 5.84. The molecule has 6 heteroatoms. The minimum atomic E-state index is 0.627. The Morgan fingerprint density at radius 1 is 0.593 bits per heavy atom. The van der Waals surface area contributed by atoms with Crippen molar-refractivity contribution in [3.05, 3.63) is 60.7 Å². The van der Waals surface area contributed by atoms with Crippen LogP contribution in [-0.2, 0) is 0 Å². The summed E-state index contributed by atoms with van der Waals surface area (Å²) in [5, 5.41) is 6.76. The van der Waals surface area contributed by atoms with Crippen molar-refractivity contribution in [1.82, 2.24) is 0 Å². The number of hydrogen-bond acceptors (Lipinski definition) is 6. The molecule has 3 aromatic rings. The molecule has 0 aliphatic heterocycles. The number of nitrogens with two attached hydrogens (primary N) is 1. The van der Waals surface area contributed by atoms with Crippen molar-refractivity contribution in [2.45, 2.75) is 0 Å². The third kappa shape index (κ3) is 4.36. The summed E-state index contributed by atoms with van der Waals surface area (Å²) >= 11 is 0. The Bertz CT molecular complexity index is 911. The van der Waals surface area contributed by atoms with Crippen LogP contribution < -0.4 is 30.6 Å². The molecule has 0 bridgehead atoms. The van der Waals surface area contributed by atoms with Gasteiger partial charge in [0.05, 0.1) is 44.1 Å². The lowest BCUT2D eigenvalue weighted by Crippen LogP contribution is -2.01. The van der Waals surface area contributed by atoms with Crippen LogP contribution in [-0.4, -0.2) is 21.3 Å². The van der Waals surface area contributed by atoms with Gasteiger partial charge in [-0.1, -0.05) is 0 Å². The van der Waals surface area contributed by atoms with Crippen molar-refractivity contribution >= 4 is 28.4 Å². The molecule has 3 rings (SSSR count). The van der Waals surface area contributed by atoms with Gasteiger partial charge in [0.15, 0.2) is 0 Å². The van der Waals surface area contributed by atoms with Crippen LogP contribution in [0.25, 0.3) is 0 Å². The van der Waals surface area contributed by atoms with Crippen LogP contribution in [0, 0.1) is 0 Å². The molecule has 140 valence electrons. The van der Waals surface area contributed by atoms with Gasteiger partial charge in [0.2, 0.25) is 0 Å². The summed E-state index contributed by atoms with van der Waals surface area (Å²) < 4.78 is 15.9. The zero-order valence-electron chi connectivity index (χ0n) is 15.6. The highest BCUT2D eigenvalue weighted by molar-refractivity contribution is 5.83. The number of ether oxygens (including phenoxy) is 3. The van der Waals surface area contributed by atoms with Gasteiger partial charge in [0.1, 0.15) is 17.2 Å². The zero-order valence-corrected chi connectivity index (χ0v) is 15.6. The van der Waals surface area contributed by atoms with Gasteiger partial charge in [0, 0.05) is 17.8 Å². The average molecular weight is 365 g/mol. The summed E-state index contributed by atoms with van der Waals surface area (Å²) in [6, 6.07) is 18.9. The van der Waals surface area contributed by atoms with E-state index in [1.165, 1.54) is 0 Å². The standard InChI is InChI=1S/C21H23N3O3/c1-25-15-6-4-14(5-7-15)23-21-13-17(27-3)9-11-19(21)24-20-12-16(26-2)8-10-18(20)22/h4-13,23-24H,22H2,1-3H3. The Labute approximate surface area is 158 Å². The molecule has 0 aromatic heterocycles. The first-order chi connectivity index (χ1) is 13.1. The van der Waals surface area contributed by atoms with Crippen LogP contribution in [0.1, 0.15) is 0 Å². The molecular weight excluding hydrogens is 342 g/mol. The number of benzene rings is 3. The monoisotopic (exact) mass is 365 g/mol. The summed E-state index contributed by atoms with van der Waals surface area (Å²) in [5.74, 6) is 2.27. The van der Waals surface area contributed by atoms with Gasteiger partial charge < -0.3 is 30.6 Å². The van der Waals surface area contributed by atoms with Gasteiger partial charge in [-0.25, -0.2) is 0 Å². The van der Waals surface area contributed by atoms with Crippen LogP contribution in [0.5, 0.6) is 17.2 Å². The quantitative estimate of drug-likeness (QED) is 0.523. The van der Waals surface area contributed by atoms with Crippen LogP contribution in [0.3, 0.4) is 0 Å². The predicted octanol–water partition coefficient (Wildman–Crippen LogP) is 4.78. The fourth-order valence-electron chi connectivity index (χ4n) is 2.61. The molecule has 0 aliphatic rings. The van der Waals surface area contributed by atoms with Crippen LogP contribution >= 0.6 is 0 Å². The summed E-state index contributed by atoms with van der Waals surface area (Å²) in [6.07, 6.45) is 0. The summed E-state index contributed by atoms with van der Waals surface area (Å²) in [5.41, 5.74) is 10.1. The Balaban J connectivity index is 1.92. The number of methoxy groups -OCH3 is 3. The van der Waals surface area contributed by atoms with E-state index < -0.39 is 0 Å². The Morgan fingerprint density at radius 3 is 1.78 bits per heavy atom. The lowest BCUT2D eigenvalue weighted by atomic mass is 10.2. The zero-order chi connectivity index (χ0) is 19.2. The fraction of sp³-hybridized carbons (Fsp3) is 0.143. The second-order valence-corrected chi connectivity index (χ2v) is 5.84. The third-order valence-electron chi connectivity index (χ3n) is 4.13. The highest BCUT2D eigenvalue weighted by Crippen LogP contribution is 2.35. The van der Waals surface area contributed by atoms with Crippen molar-refractivity contribution in [2.24, 2.45) is 0 Å². The molecule has 0 saturated carbocycles. The van der Waals surface area contributed by atoms with E-state index >= 15 is 0 Å². The lowest BCUT2D eigenvalue weighted by molar-refractivity contribution is 0.414. The normalized spacial score (nSPS) is 10.2. The number of hydrogen-bond donors (Lipinski definition) is 3.